The molecule has 4 rings (SSSR count). The average Bonchev–Trinajstić information content (AvgIpc) is 2.67. The molecule has 0 saturated heterocycles. The van der Waals surface area contributed by atoms with E-state index in [0.717, 1.165) is 5.56 Å². The molecule has 26 heavy (non-hydrogen) atoms. The highest BCUT2D eigenvalue weighted by molar-refractivity contribution is 6.43. The van der Waals surface area contributed by atoms with Gasteiger partial charge in [0.25, 0.3) is 11.8 Å². The third-order valence-corrected chi connectivity index (χ3v) is 4.65. The molecule has 1 heterocycles. The van der Waals surface area contributed by atoms with Crippen LogP contribution in [0.3, 0.4) is 0 Å². The van der Waals surface area contributed by atoms with Crippen molar-refractivity contribution in [2.45, 2.75) is 0 Å². The minimum absolute atomic E-state index is 0.326. The third-order valence-electron chi connectivity index (χ3n) is 4.30. The van der Waals surface area contributed by atoms with Gasteiger partial charge in [0.1, 0.15) is 0 Å². The van der Waals surface area contributed by atoms with Gasteiger partial charge in [-0.1, -0.05) is 66.2 Å². The normalized spacial score (nSPS) is 15.3. The summed E-state index contributed by atoms with van der Waals surface area (Å²) in [6, 6.07) is 23.4. The Morgan fingerprint density at radius 1 is 0.692 bits per heavy atom. The maximum absolute atomic E-state index is 13.2. The van der Waals surface area contributed by atoms with Crippen LogP contribution in [0, 0.1) is 0 Å². The molecule has 3 nitrogen and oxygen atoms in total. The number of fused-ring (bicyclic) bond motifs is 1. The summed E-state index contributed by atoms with van der Waals surface area (Å²) >= 11 is 6.26. The Morgan fingerprint density at radius 2 is 1.31 bits per heavy atom. The first kappa shape index (κ1) is 16.3. The zero-order valence-electron chi connectivity index (χ0n) is 13.7. The summed E-state index contributed by atoms with van der Waals surface area (Å²) in [6.45, 7) is 0. The lowest BCUT2D eigenvalue weighted by Crippen LogP contribution is -2.41. The molecule has 0 aliphatic carbocycles. The average molecular weight is 360 g/mol. The van der Waals surface area contributed by atoms with Crippen molar-refractivity contribution in [3.8, 4) is 0 Å². The van der Waals surface area contributed by atoms with E-state index in [1.165, 1.54) is 4.90 Å². The topological polar surface area (TPSA) is 37.4 Å². The predicted octanol–water partition coefficient (Wildman–Crippen LogP) is 5.07. The van der Waals surface area contributed by atoms with Crippen molar-refractivity contribution in [1.29, 1.82) is 0 Å². The molecule has 2 amide bonds. The molecule has 4 heteroatoms. The zero-order valence-corrected chi connectivity index (χ0v) is 14.5. The zero-order chi connectivity index (χ0) is 18.1. The molecule has 0 fully saturated rings. The fourth-order valence-electron chi connectivity index (χ4n) is 3.05. The van der Waals surface area contributed by atoms with E-state index in [-0.39, 0.29) is 11.8 Å². The van der Waals surface area contributed by atoms with E-state index in [4.69, 9.17) is 11.6 Å². The van der Waals surface area contributed by atoms with Gasteiger partial charge >= 0.3 is 0 Å². The van der Waals surface area contributed by atoms with Crippen LogP contribution in [0.25, 0.3) is 11.6 Å². The van der Waals surface area contributed by atoms with Crippen LogP contribution < -0.4 is 4.90 Å². The summed E-state index contributed by atoms with van der Waals surface area (Å²) in [5.74, 6) is -0.687. The summed E-state index contributed by atoms with van der Waals surface area (Å²) in [6.07, 6.45) is 1.74. The summed E-state index contributed by atoms with van der Waals surface area (Å²) in [5.41, 5.74) is 2.83. The first-order valence-corrected chi connectivity index (χ1v) is 8.54. The second kappa shape index (κ2) is 6.62. The Balaban J connectivity index is 1.93. The number of nitrogens with zero attached hydrogens (tertiary/aromatic N) is 1. The van der Waals surface area contributed by atoms with Crippen molar-refractivity contribution in [1.82, 2.24) is 0 Å². The van der Waals surface area contributed by atoms with Gasteiger partial charge in [-0.3, -0.25) is 9.59 Å². The van der Waals surface area contributed by atoms with Gasteiger partial charge in [-0.15, -0.1) is 0 Å². The number of para-hydroxylation sites is 1. The van der Waals surface area contributed by atoms with Crippen LogP contribution >= 0.6 is 11.6 Å². The SMILES string of the molecule is O=C1/C(=C\c2ccccc2Cl)c2ccccc2C(=O)N1c1ccccc1. The number of amides is 2. The quantitative estimate of drug-likeness (QED) is 0.473. The maximum atomic E-state index is 13.2. The number of carbonyl (C=O) groups is 2. The Labute approximate surface area is 156 Å². The van der Waals surface area contributed by atoms with Crippen molar-refractivity contribution in [2.24, 2.45) is 0 Å². The Hall–Kier alpha value is -3.17. The van der Waals surface area contributed by atoms with Crippen molar-refractivity contribution in [2.75, 3.05) is 4.90 Å². The van der Waals surface area contributed by atoms with Crippen LogP contribution in [0.1, 0.15) is 21.5 Å². The molecule has 0 aromatic heterocycles. The monoisotopic (exact) mass is 359 g/mol. The van der Waals surface area contributed by atoms with Gasteiger partial charge in [0, 0.05) is 16.2 Å². The molecule has 3 aromatic rings. The van der Waals surface area contributed by atoms with E-state index in [2.05, 4.69) is 0 Å². The summed E-state index contributed by atoms with van der Waals surface area (Å²) < 4.78 is 0. The van der Waals surface area contributed by atoms with E-state index in [9.17, 15) is 9.59 Å². The smallest absolute Gasteiger partial charge is 0.265 e. The number of halogens is 1. The molecule has 0 unspecified atom stereocenters. The molecule has 0 N–H and O–H groups in total. The number of hydrogen-bond donors (Lipinski definition) is 0. The Kier molecular flexibility index (Phi) is 4.15. The molecule has 0 radical (unpaired) electrons. The van der Waals surface area contributed by atoms with Gasteiger partial charge in [-0.2, -0.15) is 0 Å². The van der Waals surface area contributed by atoms with E-state index < -0.39 is 0 Å². The van der Waals surface area contributed by atoms with Crippen molar-refractivity contribution in [3.63, 3.8) is 0 Å². The molecular weight excluding hydrogens is 346 g/mol. The Bertz CT molecular complexity index is 1040. The Morgan fingerprint density at radius 3 is 2.04 bits per heavy atom. The third kappa shape index (κ3) is 2.72. The highest BCUT2D eigenvalue weighted by Crippen LogP contribution is 2.34. The second-order valence-electron chi connectivity index (χ2n) is 5.91. The fraction of sp³-hybridized carbons (Fsp3) is 0. The summed E-state index contributed by atoms with van der Waals surface area (Å²) in [5, 5.41) is 0.549. The van der Waals surface area contributed by atoms with Crippen LogP contribution in [0.2, 0.25) is 5.02 Å². The van der Waals surface area contributed by atoms with Crippen LogP contribution in [0.5, 0.6) is 0 Å². The van der Waals surface area contributed by atoms with Gasteiger partial charge in [0.05, 0.1) is 5.69 Å². The second-order valence-corrected chi connectivity index (χ2v) is 6.31. The lowest BCUT2D eigenvalue weighted by atomic mass is 9.91. The van der Waals surface area contributed by atoms with Gasteiger partial charge < -0.3 is 0 Å². The minimum Gasteiger partial charge on any atom is -0.268 e. The molecule has 1 aliphatic heterocycles. The van der Waals surface area contributed by atoms with Gasteiger partial charge in [-0.25, -0.2) is 4.90 Å². The number of rotatable bonds is 2. The summed E-state index contributed by atoms with van der Waals surface area (Å²) in [4.78, 5) is 27.4. The van der Waals surface area contributed by atoms with Crippen molar-refractivity contribution >= 4 is 40.8 Å². The highest BCUT2D eigenvalue weighted by Gasteiger charge is 2.35. The van der Waals surface area contributed by atoms with Gasteiger partial charge in [0.15, 0.2) is 0 Å². The molecule has 1 aliphatic rings. The standard InChI is InChI=1S/C22H14ClNO2/c23-20-13-7-4-8-15(20)14-19-17-11-5-6-12-18(17)21(25)24(22(19)26)16-9-2-1-3-10-16/h1-14H/b19-14-. The molecule has 0 spiro atoms. The van der Waals surface area contributed by atoms with Crippen LogP contribution in [0.15, 0.2) is 78.9 Å². The largest absolute Gasteiger partial charge is 0.268 e. The lowest BCUT2D eigenvalue weighted by Gasteiger charge is -2.28. The number of imide groups is 1. The van der Waals surface area contributed by atoms with E-state index in [0.29, 0.717) is 27.4 Å². The first-order chi connectivity index (χ1) is 12.7. The van der Waals surface area contributed by atoms with Crippen LogP contribution in [-0.2, 0) is 4.79 Å². The van der Waals surface area contributed by atoms with Gasteiger partial charge in [0.2, 0.25) is 0 Å². The van der Waals surface area contributed by atoms with Crippen molar-refractivity contribution < 1.29 is 9.59 Å². The number of anilines is 1. The molecule has 0 bridgehead atoms. The molecule has 126 valence electrons. The van der Waals surface area contributed by atoms with E-state index >= 15 is 0 Å². The van der Waals surface area contributed by atoms with E-state index in [1.54, 1.807) is 54.6 Å². The van der Waals surface area contributed by atoms with Crippen LogP contribution in [-0.4, -0.2) is 11.8 Å². The van der Waals surface area contributed by atoms with Crippen LogP contribution in [0.4, 0.5) is 5.69 Å². The van der Waals surface area contributed by atoms with Crippen molar-refractivity contribution in [3.05, 3.63) is 101 Å². The number of carbonyl (C=O) groups excluding carboxylic acids is 2. The number of hydrogen-bond acceptors (Lipinski definition) is 2. The maximum Gasteiger partial charge on any atom is 0.265 e. The highest BCUT2D eigenvalue weighted by atomic mass is 35.5. The lowest BCUT2D eigenvalue weighted by molar-refractivity contribution is -0.112. The fourth-order valence-corrected chi connectivity index (χ4v) is 3.24. The first-order valence-electron chi connectivity index (χ1n) is 8.16. The number of benzene rings is 3. The summed E-state index contributed by atoms with van der Waals surface area (Å²) in [7, 11) is 0. The molecule has 3 aromatic carbocycles. The molecule has 0 atom stereocenters. The van der Waals surface area contributed by atoms with Gasteiger partial charge in [-0.05, 0) is 41.5 Å². The predicted molar refractivity (Wildman–Crippen MR) is 104 cm³/mol. The van der Waals surface area contributed by atoms with E-state index in [1.807, 2.05) is 30.3 Å². The molecular formula is C22H14ClNO2. The minimum atomic E-state index is -0.361. The molecule has 0 saturated carbocycles.